The van der Waals surface area contributed by atoms with E-state index in [-0.39, 0.29) is 19.1 Å². The molecule has 2 aromatic rings. The summed E-state index contributed by atoms with van der Waals surface area (Å²) in [5, 5.41) is 12.5. The predicted molar refractivity (Wildman–Crippen MR) is 79.0 cm³/mol. The van der Waals surface area contributed by atoms with Crippen molar-refractivity contribution >= 4 is 5.91 Å². The van der Waals surface area contributed by atoms with Crippen molar-refractivity contribution in [2.75, 3.05) is 13.2 Å². The van der Waals surface area contributed by atoms with E-state index in [1.54, 1.807) is 18.2 Å². The highest BCUT2D eigenvalue weighted by atomic mass is 19.1. The fourth-order valence-corrected chi connectivity index (χ4v) is 2.63. The Balaban J connectivity index is 1.66. The minimum absolute atomic E-state index is 0.204. The molecule has 0 bridgehead atoms. The molecule has 0 saturated carbocycles. The number of para-hydroxylation sites is 1. The Bertz CT molecular complexity index is 715. The number of hydrogen-bond donors (Lipinski definition) is 2. The molecular weight excluding hydrogens is 304 g/mol. The summed E-state index contributed by atoms with van der Waals surface area (Å²) in [6, 6.07) is 10.5. The van der Waals surface area contributed by atoms with Crippen molar-refractivity contribution in [3.05, 3.63) is 65.2 Å². The summed E-state index contributed by atoms with van der Waals surface area (Å²) in [6.07, 6.45) is -1.46. The highest BCUT2D eigenvalue weighted by Crippen LogP contribution is 2.33. The maximum atomic E-state index is 13.6. The molecule has 23 heavy (non-hydrogen) atoms. The van der Waals surface area contributed by atoms with Gasteiger partial charge in [0.15, 0.2) is 0 Å². The molecule has 0 spiro atoms. The van der Waals surface area contributed by atoms with E-state index in [2.05, 4.69) is 5.32 Å². The Morgan fingerprint density at radius 1 is 1.22 bits per heavy atom. The maximum Gasteiger partial charge on any atom is 0.231 e. The van der Waals surface area contributed by atoms with E-state index in [0.29, 0.717) is 5.75 Å². The number of fused-ring (bicyclic) bond motifs is 1. The summed E-state index contributed by atoms with van der Waals surface area (Å²) < 4.78 is 32.6. The van der Waals surface area contributed by atoms with Gasteiger partial charge in [0.05, 0.1) is 5.56 Å². The van der Waals surface area contributed by atoms with Crippen molar-refractivity contribution in [3.63, 3.8) is 0 Å². The van der Waals surface area contributed by atoms with Gasteiger partial charge >= 0.3 is 0 Å². The Morgan fingerprint density at radius 2 is 1.91 bits per heavy atom. The molecule has 4 nitrogen and oxygen atoms in total. The highest BCUT2D eigenvalue weighted by Gasteiger charge is 2.30. The summed E-state index contributed by atoms with van der Waals surface area (Å²) >= 11 is 0. The van der Waals surface area contributed by atoms with Crippen LogP contribution >= 0.6 is 0 Å². The molecule has 0 radical (unpaired) electrons. The normalized spacial score (nSPS) is 17.3. The number of benzene rings is 2. The third-order valence-corrected chi connectivity index (χ3v) is 3.82. The van der Waals surface area contributed by atoms with Gasteiger partial charge in [-0.2, -0.15) is 0 Å². The van der Waals surface area contributed by atoms with E-state index in [0.717, 1.165) is 17.7 Å². The van der Waals surface area contributed by atoms with Gasteiger partial charge in [0.1, 0.15) is 36.0 Å². The first kappa shape index (κ1) is 15.4. The minimum atomic E-state index is -1.46. The highest BCUT2D eigenvalue weighted by molar-refractivity contribution is 5.85. The lowest BCUT2D eigenvalue weighted by Gasteiger charge is -2.15. The lowest BCUT2D eigenvalue weighted by molar-refractivity contribution is -0.123. The Labute approximate surface area is 131 Å². The van der Waals surface area contributed by atoms with Crippen LogP contribution in [0.3, 0.4) is 0 Å². The van der Waals surface area contributed by atoms with Crippen molar-refractivity contribution in [3.8, 4) is 5.75 Å². The maximum absolute atomic E-state index is 13.6. The van der Waals surface area contributed by atoms with Crippen LogP contribution in [0.5, 0.6) is 5.75 Å². The van der Waals surface area contributed by atoms with Crippen LogP contribution in [0.25, 0.3) is 0 Å². The molecule has 1 aliphatic rings. The van der Waals surface area contributed by atoms with Gasteiger partial charge in [-0.25, -0.2) is 8.78 Å². The number of ether oxygens (including phenoxy) is 1. The number of aliphatic hydroxyl groups is 1. The number of carbonyl (C=O) groups excluding carboxylic acids is 1. The molecule has 0 aromatic heterocycles. The quantitative estimate of drug-likeness (QED) is 0.909. The molecule has 1 heterocycles. The third kappa shape index (κ3) is 3.03. The lowest BCUT2D eigenvalue weighted by atomic mass is 10.0. The molecule has 120 valence electrons. The van der Waals surface area contributed by atoms with Crippen molar-refractivity contribution in [1.82, 2.24) is 5.32 Å². The van der Waals surface area contributed by atoms with Crippen LogP contribution in [0.15, 0.2) is 42.5 Å². The second kappa shape index (κ2) is 6.34. The standard InChI is InChI=1S/C17H15F2NO3/c18-12-5-3-6-13(19)16(12)14(21)8-20-17(22)11-9-23-15-7-2-1-4-10(11)15/h1-7,11,14,21H,8-9H2,(H,20,22)/t11-,14+/m1/s1. The van der Waals surface area contributed by atoms with Gasteiger partial charge in [-0.3, -0.25) is 4.79 Å². The van der Waals surface area contributed by atoms with Crippen LogP contribution < -0.4 is 10.1 Å². The summed E-state index contributed by atoms with van der Waals surface area (Å²) in [4.78, 5) is 12.2. The molecule has 0 fully saturated rings. The largest absolute Gasteiger partial charge is 0.492 e. The molecule has 1 amide bonds. The predicted octanol–water partition coefficient (Wildman–Crippen LogP) is 2.29. The molecule has 0 unspecified atom stereocenters. The van der Waals surface area contributed by atoms with E-state index in [9.17, 15) is 18.7 Å². The van der Waals surface area contributed by atoms with E-state index < -0.39 is 29.2 Å². The van der Waals surface area contributed by atoms with Gasteiger partial charge < -0.3 is 15.2 Å². The van der Waals surface area contributed by atoms with Crippen LogP contribution in [0, 0.1) is 11.6 Å². The zero-order valence-corrected chi connectivity index (χ0v) is 12.1. The summed E-state index contributed by atoms with van der Waals surface area (Å²) in [5.74, 6) is -1.90. The lowest BCUT2D eigenvalue weighted by Crippen LogP contribution is -2.33. The van der Waals surface area contributed by atoms with Crippen LogP contribution in [0.2, 0.25) is 0 Å². The molecule has 0 saturated heterocycles. The van der Waals surface area contributed by atoms with E-state index >= 15 is 0 Å². The van der Waals surface area contributed by atoms with Crippen LogP contribution in [-0.2, 0) is 4.79 Å². The molecule has 2 atom stereocenters. The number of aliphatic hydroxyl groups excluding tert-OH is 1. The van der Waals surface area contributed by atoms with E-state index in [1.165, 1.54) is 6.07 Å². The summed E-state index contributed by atoms with van der Waals surface area (Å²) in [7, 11) is 0. The van der Waals surface area contributed by atoms with Gasteiger partial charge in [-0.15, -0.1) is 0 Å². The monoisotopic (exact) mass is 319 g/mol. The van der Waals surface area contributed by atoms with Crippen LogP contribution in [0.1, 0.15) is 23.1 Å². The van der Waals surface area contributed by atoms with E-state index in [4.69, 9.17) is 4.74 Å². The fourth-order valence-electron chi connectivity index (χ4n) is 2.63. The zero-order chi connectivity index (χ0) is 16.4. The first-order valence-corrected chi connectivity index (χ1v) is 7.19. The van der Waals surface area contributed by atoms with Gasteiger partial charge in [0, 0.05) is 12.1 Å². The number of amides is 1. The first-order chi connectivity index (χ1) is 11.1. The van der Waals surface area contributed by atoms with Gasteiger partial charge in [-0.05, 0) is 18.2 Å². The van der Waals surface area contributed by atoms with Crippen molar-refractivity contribution in [1.29, 1.82) is 0 Å². The second-order valence-electron chi connectivity index (χ2n) is 5.30. The average molecular weight is 319 g/mol. The number of rotatable bonds is 4. The summed E-state index contributed by atoms with van der Waals surface area (Å²) in [5.41, 5.74) is 0.312. The Kier molecular flexibility index (Phi) is 4.25. The van der Waals surface area contributed by atoms with Crippen molar-refractivity contribution in [2.45, 2.75) is 12.0 Å². The van der Waals surface area contributed by atoms with Gasteiger partial charge in [-0.1, -0.05) is 24.3 Å². The van der Waals surface area contributed by atoms with Crippen LogP contribution in [0.4, 0.5) is 8.78 Å². The SMILES string of the molecule is O=C(NC[C@H](O)c1c(F)cccc1F)[C@@H]1COc2ccccc21. The zero-order valence-electron chi connectivity index (χ0n) is 12.1. The van der Waals surface area contributed by atoms with Crippen molar-refractivity contribution in [2.24, 2.45) is 0 Å². The second-order valence-corrected chi connectivity index (χ2v) is 5.30. The topological polar surface area (TPSA) is 58.6 Å². The van der Waals surface area contributed by atoms with Crippen LogP contribution in [-0.4, -0.2) is 24.2 Å². The van der Waals surface area contributed by atoms with Gasteiger partial charge in [0.2, 0.25) is 5.91 Å². The first-order valence-electron chi connectivity index (χ1n) is 7.19. The average Bonchev–Trinajstić information content (AvgIpc) is 2.96. The number of halogens is 2. The Morgan fingerprint density at radius 3 is 2.65 bits per heavy atom. The third-order valence-electron chi connectivity index (χ3n) is 3.82. The molecular formula is C17H15F2NO3. The van der Waals surface area contributed by atoms with Crippen molar-refractivity contribution < 1.29 is 23.4 Å². The molecule has 2 aromatic carbocycles. The number of carbonyl (C=O) groups is 1. The van der Waals surface area contributed by atoms with E-state index in [1.807, 2.05) is 6.07 Å². The summed E-state index contributed by atoms with van der Waals surface area (Å²) in [6.45, 7) is -0.0787. The molecule has 6 heteroatoms. The fraction of sp³-hybridized carbons (Fsp3) is 0.235. The smallest absolute Gasteiger partial charge is 0.231 e. The number of hydrogen-bond acceptors (Lipinski definition) is 3. The molecule has 1 aliphatic heterocycles. The van der Waals surface area contributed by atoms with Gasteiger partial charge in [0.25, 0.3) is 0 Å². The molecule has 3 rings (SSSR count). The molecule has 0 aliphatic carbocycles. The molecule has 2 N–H and O–H groups in total. The Hall–Kier alpha value is -2.47. The number of nitrogens with one attached hydrogen (secondary N) is 1. The minimum Gasteiger partial charge on any atom is -0.492 e.